The molecular weight excluding hydrogens is 428 g/mol. The molecular formula is C22H31ClN8O. The Kier molecular flexibility index (Phi) is 5.49. The van der Waals surface area contributed by atoms with Gasteiger partial charge in [0.2, 0.25) is 11.9 Å². The van der Waals surface area contributed by atoms with E-state index in [1.807, 2.05) is 19.9 Å². The second kappa shape index (κ2) is 8.19. The first-order valence-corrected chi connectivity index (χ1v) is 11.9. The molecule has 0 aromatic carbocycles. The number of hydrogen-bond donors (Lipinski definition) is 3. The molecule has 0 spiro atoms. The average Bonchev–Trinajstić information content (AvgIpc) is 3.27. The van der Waals surface area contributed by atoms with Gasteiger partial charge in [0.15, 0.2) is 5.82 Å². The van der Waals surface area contributed by atoms with Crippen LogP contribution in [0.4, 0.5) is 17.6 Å². The summed E-state index contributed by atoms with van der Waals surface area (Å²) < 4.78 is 0. The van der Waals surface area contributed by atoms with Crippen LogP contribution in [0.15, 0.2) is 12.1 Å². The third kappa shape index (κ3) is 3.81. The lowest BCUT2D eigenvalue weighted by Crippen LogP contribution is -2.69. The van der Waals surface area contributed by atoms with Crippen LogP contribution in [-0.4, -0.2) is 68.2 Å². The number of nitrogens with zero attached hydrogens (tertiary/aromatic N) is 5. The zero-order valence-corrected chi connectivity index (χ0v) is 19.6. The van der Waals surface area contributed by atoms with E-state index in [1.165, 1.54) is 0 Å². The molecule has 10 heteroatoms. The van der Waals surface area contributed by atoms with Gasteiger partial charge in [0.1, 0.15) is 11.0 Å². The van der Waals surface area contributed by atoms with E-state index in [-0.39, 0.29) is 11.4 Å². The number of nitrogens with one attached hydrogen (secondary N) is 3. The van der Waals surface area contributed by atoms with Gasteiger partial charge in [-0.3, -0.25) is 14.8 Å². The number of hydrogen-bond acceptors (Lipinski definition) is 7. The summed E-state index contributed by atoms with van der Waals surface area (Å²) in [6.07, 6.45) is 6.12. The number of anilines is 3. The second-order valence-electron chi connectivity index (χ2n) is 9.49. The molecule has 172 valence electrons. The zero-order chi connectivity index (χ0) is 22.5. The summed E-state index contributed by atoms with van der Waals surface area (Å²) in [4.78, 5) is 26.3. The highest BCUT2D eigenvalue weighted by Gasteiger charge is 2.61. The van der Waals surface area contributed by atoms with Gasteiger partial charge >= 0.3 is 0 Å². The number of H-pyrrole nitrogens is 1. The lowest BCUT2D eigenvalue weighted by Gasteiger charge is -2.61. The number of aromatic nitrogens is 4. The highest BCUT2D eigenvalue weighted by molar-refractivity contribution is 6.29. The molecule has 2 aromatic rings. The van der Waals surface area contributed by atoms with Gasteiger partial charge in [-0.1, -0.05) is 11.6 Å². The van der Waals surface area contributed by atoms with Crippen LogP contribution in [0.2, 0.25) is 5.15 Å². The SMILES string of the molecule is CCNC(=O)CC12CC[C@H]3C[C@H](N(C)c4nc(Cl)cc(Nc5cc(C)[nH]n5)n4)C[C@@H](C1)N32. The first-order chi connectivity index (χ1) is 15.4. The minimum atomic E-state index is 0.0868. The quantitative estimate of drug-likeness (QED) is 0.548. The lowest BCUT2D eigenvalue weighted by atomic mass is 9.72. The molecule has 0 aliphatic carbocycles. The normalized spacial score (nSPS) is 28.7. The number of carbonyl (C=O) groups excluding carboxylic acids is 1. The number of aryl methyl sites for hydroxylation is 1. The van der Waals surface area contributed by atoms with Gasteiger partial charge in [0.25, 0.3) is 0 Å². The Morgan fingerprint density at radius 3 is 2.88 bits per heavy atom. The van der Waals surface area contributed by atoms with Crippen molar-refractivity contribution in [2.24, 2.45) is 0 Å². The van der Waals surface area contributed by atoms with E-state index >= 15 is 0 Å². The van der Waals surface area contributed by atoms with Crippen LogP contribution in [0.5, 0.6) is 0 Å². The van der Waals surface area contributed by atoms with Crippen molar-refractivity contribution in [3.05, 3.63) is 23.0 Å². The van der Waals surface area contributed by atoms with Crippen LogP contribution >= 0.6 is 11.6 Å². The van der Waals surface area contributed by atoms with Crippen LogP contribution in [0, 0.1) is 6.92 Å². The van der Waals surface area contributed by atoms with Crippen LogP contribution in [0.3, 0.4) is 0 Å². The standard InChI is InChI=1S/C22H31ClN8O/c1-4-24-20(32)12-22-6-5-14-8-15(9-16(11-22)31(14)22)30(3)21-25-17(23)10-18(27-21)26-19-7-13(2)28-29-19/h7,10,14-16H,4-6,8-9,11-12H2,1-3H3,(H,24,32)(H2,25,26,27,28,29)/t14-,15-,16-,22?/m0/s1. The van der Waals surface area contributed by atoms with E-state index in [4.69, 9.17) is 16.6 Å². The highest BCUT2D eigenvalue weighted by Crippen LogP contribution is 2.55. The van der Waals surface area contributed by atoms with E-state index < -0.39 is 0 Å². The fourth-order valence-corrected chi connectivity index (χ4v) is 6.27. The van der Waals surface area contributed by atoms with Crippen molar-refractivity contribution >= 4 is 35.1 Å². The predicted octanol–water partition coefficient (Wildman–Crippen LogP) is 3.01. The summed E-state index contributed by atoms with van der Waals surface area (Å²) in [5, 5.41) is 13.7. The van der Waals surface area contributed by atoms with E-state index in [0.29, 0.717) is 53.8 Å². The fourth-order valence-electron chi connectivity index (χ4n) is 6.09. The predicted molar refractivity (Wildman–Crippen MR) is 124 cm³/mol. The van der Waals surface area contributed by atoms with Crippen molar-refractivity contribution in [1.82, 2.24) is 30.4 Å². The summed E-state index contributed by atoms with van der Waals surface area (Å²) >= 11 is 6.33. The van der Waals surface area contributed by atoms with Gasteiger partial charge in [0, 0.05) is 61.5 Å². The lowest BCUT2D eigenvalue weighted by molar-refractivity contribution is -0.135. The molecule has 4 atom stereocenters. The van der Waals surface area contributed by atoms with Gasteiger partial charge in [0.05, 0.1) is 0 Å². The summed E-state index contributed by atoms with van der Waals surface area (Å²) in [5.74, 6) is 2.13. The Bertz CT molecular complexity index is 1010. The van der Waals surface area contributed by atoms with E-state index in [9.17, 15) is 4.79 Å². The number of carbonyl (C=O) groups is 1. The molecule has 0 saturated carbocycles. The first kappa shape index (κ1) is 21.5. The minimum Gasteiger partial charge on any atom is -0.356 e. The Morgan fingerprint density at radius 2 is 2.12 bits per heavy atom. The maximum atomic E-state index is 12.3. The van der Waals surface area contributed by atoms with Gasteiger partial charge in [-0.05, 0) is 46.0 Å². The van der Waals surface area contributed by atoms with Crippen LogP contribution in [0.25, 0.3) is 0 Å². The van der Waals surface area contributed by atoms with Crippen molar-refractivity contribution in [3.8, 4) is 0 Å². The second-order valence-corrected chi connectivity index (χ2v) is 9.87. The number of halogens is 1. The van der Waals surface area contributed by atoms with Crippen LogP contribution < -0.4 is 15.5 Å². The molecule has 2 aromatic heterocycles. The summed E-state index contributed by atoms with van der Waals surface area (Å²) in [6, 6.07) is 5.03. The number of aromatic amines is 1. The van der Waals surface area contributed by atoms with Crippen molar-refractivity contribution in [1.29, 1.82) is 0 Å². The van der Waals surface area contributed by atoms with E-state index in [0.717, 1.165) is 37.8 Å². The smallest absolute Gasteiger partial charge is 0.228 e. The Balaban J connectivity index is 1.28. The summed E-state index contributed by atoms with van der Waals surface area (Å²) in [5.41, 5.74) is 1.06. The number of rotatable bonds is 7. The Labute approximate surface area is 193 Å². The molecule has 5 rings (SSSR count). The van der Waals surface area contributed by atoms with Gasteiger partial charge in [-0.25, -0.2) is 4.98 Å². The molecule has 3 fully saturated rings. The van der Waals surface area contributed by atoms with Gasteiger partial charge in [-0.15, -0.1) is 0 Å². The van der Waals surface area contributed by atoms with E-state index in [2.05, 4.69) is 42.7 Å². The van der Waals surface area contributed by atoms with E-state index in [1.54, 1.807) is 6.07 Å². The molecule has 3 aliphatic rings. The zero-order valence-electron chi connectivity index (χ0n) is 18.9. The summed E-state index contributed by atoms with van der Waals surface area (Å²) in [6.45, 7) is 4.63. The van der Waals surface area contributed by atoms with Gasteiger partial charge < -0.3 is 15.5 Å². The minimum absolute atomic E-state index is 0.0868. The molecule has 0 radical (unpaired) electrons. The van der Waals surface area contributed by atoms with Crippen molar-refractivity contribution in [3.63, 3.8) is 0 Å². The molecule has 3 saturated heterocycles. The topological polar surface area (TPSA) is 102 Å². The molecule has 5 heterocycles. The summed E-state index contributed by atoms with van der Waals surface area (Å²) in [7, 11) is 2.06. The molecule has 32 heavy (non-hydrogen) atoms. The number of amides is 1. The molecule has 1 unspecified atom stereocenters. The van der Waals surface area contributed by atoms with Gasteiger partial charge in [-0.2, -0.15) is 10.1 Å². The van der Waals surface area contributed by atoms with Crippen molar-refractivity contribution in [2.45, 2.75) is 76.0 Å². The molecule has 1 amide bonds. The van der Waals surface area contributed by atoms with Crippen LogP contribution in [-0.2, 0) is 4.79 Å². The molecule has 9 nitrogen and oxygen atoms in total. The molecule has 3 aliphatic heterocycles. The Morgan fingerprint density at radius 1 is 1.31 bits per heavy atom. The fraction of sp³-hybridized carbons (Fsp3) is 0.636. The largest absolute Gasteiger partial charge is 0.356 e. The van der Waals surface area contributed by atoms with Crippen molar-refractivity contribution < 1.29 is 4.79 Å². The van der Waals surface area contributed by atoms with Crippen LogP contribution in [0.1, 0.15) is 51.1 Å². The molecule has 3 N–H and O–H groups in total. The molecule has 0 bridgehead atoms. The first-order valence-electron chi connectivity index (χ1n) is 11.5. The Hall–Kier alpha value is -2.39. The third-order valence-electron chi connectivity index (χ3n) is 7.35. The third-order valence-corrected chi connectivity index (χ3v) is 7.55. The number of piperidine rings is 1. The monoisotopic (exact) mass is 458 g/mol. The highest BCUT2D eigenvalue weighted by atomic mass is 35.5. The maximum Gasteiger partial charge on any atom is 0.228 e. The maximum absolute atomic E-state index is 12.3. The van der Waals surface area contributed by atoms with Crippen molar-refractivity contribution in [2.75, 3.05) is 23.8 Å². The average molecular weight is 459 g/mol.